The van der Waals surface area contributed by atoms with Gasteiger partial charge in [-0.25, -0.2) is 4.98 Å². The lowest BCUT2D eigenvalue weighted by Gasteiger charge is -2.19. The maximum Gasteiger partial charge on any atom is 0.209 e. The van der Waals surface area contributed by atoms with Crippen LogP contribution in [0, 0.1) is 13.6 Å². The molecule has 0 atom stereocenters. The van der Waals surface area contributed by atoms with E-state index in [0.717, 1.165) is 40.6 Å². The molecule has 29 heavy (non-hydrogen) atoms. The lowest BCUT2D eigenvalue weighted by molar-refractivity contribution is 0.699. The molecule has 0 spiro atoms. The lowest BCUT2D eigenvalue weighted by Crippen LogP contribution is -2.26. The van der Waals surface area contributed by atoms with Crippen molar-refractivity contribution in [1.82, 2.24) is 14.5 Å². The van der Waals surface area contributed by atoms with Crippen LogP contribution in [0.5, 0.6) is 0 Å². The van der Waals surface area contributed by atoms with Gasteiger partial charge in [0.15, 0.2) is 0 Å². The number of hydrogen-bond acceptors (Lipinski definition) is 4. The third kappa shape index (κ3) is 3.23. The van der Waals surface area contributed by atoms with Crippen molar-refractivity contribution in [1.29, 1.82) is 0 Å². The minimum atomic E-state index is 0.678. The summed E-state index contributed by atoms with van der Waals surface area (Å²) < 4.78 is 2.28. The van der Waals surface area contributed by atoms with E-state index in [9.17, 15) is 0 Å². The highest BCUT2D eigenvalue weighted by molar-refractivity contribution is 5.79. The van der Waals surface area contributed by atoms with Crippen molar-refractivity contribution in [3.8, 4) is 0 Å². The zero-order valence-corrected chi connectivity index (χ0v) is 16.7. The van der Waals surface area contributed by atoms with Crippen LogP contribution in [0.2, 0.25) is 0 Å². The summed E-state index contributed by atoms with van der Waals surface area (Å²) in [4.78, 5) is 13.9. The molecule has 0 aliphatic carbocycles. The molecule has 144 valence electrons. The number of rotatable bonds is 5. The predicted octanol–water partition coefficient (Wildman–Crippen LogP) is 4.78. The minimum Gasteiger partial charge on any atom is -0.334 e. The molecular formula is C24H23N5. The largest absolute Gasteiger partial charge is 0.334 e. The van der Waals surface area contributed by atoms with E-state index in [4.69, 9.17) is 4.98 Å². The molecular weight excluding hydrogens is 358 g/mol. The van der Waals surface area contributed by atoms with Crippen molar-refractivity contribution in [2.75, 3.05) is 9.80 Å². The van der Waals surface area contributed by atoms with Gasteiger partial charge < -0.3 is 14.4 Å². The van der Waals surface area contributed by atoms with Crippen LogP contribution in [-0.4, -0.2) is 14.5 Å². The molecule has 3 heterocycles. The molecule has 5 nitrogen and oxygen atoms in total. The van der Waals surface area contributed by atoms with Crippen molar-refractivity contribution in [2.24, 2.45) is 0 Å². The monoisotopic (exact) mass is 381 g/mol. The van der Waals surface area contributed by atoms with Crippen LogP contribution >= 0.6 is 0 Å². The van der Waals surface area contributed by atoms with Gasteiger partial charge in [0, 0.05) is 12.2 Å². The molecule has 0 amide bonds. The van der Waals surface area contributed by atoms with E-state index in [1.807, 2.05) is 19.1 Å². The second-order valence-corrected chi connectivity index (χ2v) is 7.29. The van der Waals surface area contributed by atoms with Crippen LogP contribution in [0.25, 0.3) is 11.0 Å². The Hall–Kier alpha value is -3.34. The predicted molar refractivity (Wildman–Crippen MR) is 116 cm³/mol. The van der Waals surface area contributed by atoms with Crippen LogP contribution < -0.4 is 9.80 Å². The van der Waals surface area contributed by atoms with E-state index in [2.05, 4.69) is 87.5 Å². The van der Waals surface area contributed by atoms with Crippen molar-refractivity contribution in [3.63, 3.8) is 0 Å². The minimum absolute atomic E-state index is 0.678. The summed E-state index contributed by atoms with van der Waals surface area (Å²) in [5.41, 5.74) is 6.58. The van der Waals surface area contributed by atoms with E-state index in [-0.39, 0.29) is 0 Å². The Labute approximate surface area is 171 Å². The number of aromatic nitrogens is 3. The molecule has 0 bridgehead atoms. The summed E-state index contributed by atoms with van der Waals surface area (Å²) in [6, 6.07) is 22.9. The average molecular weight is 381 g/mol. The third-order valence-electron chi connectivity index (χ3n) is 5.32. The van der Waals surface area contributed by atoms with Gasteiger partial charge in [0.05, 0.1) is 41.2 Å². The number of hydrogen-bond donors (Lipinski definition) is 0. The van der Waals surface area contributed by atoms with E-state index in [1.54, 1.807) is 0 Å². The normalized spacial score (nSPS) is 13.3. The van der Waals surface area contributed by atoms with Crippen molar-refractivity contribution >= 4 is 22.4 Å². The Morgan fingerprint density at radius 3 is 2.28 bits per heavy atom. The number of anilines is 2. The lowest BCUT2D eigenvalue weighted by atomic mass is 10.2. The molecule has 5 heteroatoms. The number of fused-ring (bicyclic) bond motifs is 2. The number of pyridine rings is 1. The molecule has 2 radical (unpaired) electrons. The molecule has 0 unspecified atom stereocenters. The zero-order chi connectivity index (χ0) is 19.8. The van der Waals surface area contributed by atoms with E-state index in [1.165, 1.54) is 5.52 Å². The summed E-state index contributed by atoms with van der Waals surface area (Å²) in [5, 5.41) is 0. The van der Waals surface area contributed by atoms with Crippen molar-refractivity contribution in [3.05, 3.63) is 90.6 Å². The Morgan fingerprint density at radius 2 is 1.52 bits per heavy atom. The highest BCUT2D eigenvalue weighted by Crippen LogP contribution is 2.39. The van der Waals surface area contributed by atoms with Gasteiger partial charge in [0.25, 0.3) is 0 Å². The van der Waals surface area contributed by atoms with Gasteiger partial charge >= 0.3 is 0 Å². The molecule has 0 N–H and O–H groups in total. The van der Waals surface area contributed by atoms with Crippen LogP contribution in [0.3, 0.4) is 0 Å². The Morgan fingerprint density at radius 1 is 0.793 bits per heavy atom. The van der Waals surface area contributed by atoms with E-state index in [0.29, 0.717) is 13.1 Å². The van der Waals surface area contributed by atoms with Gasteiger partial charge in [0.2, 0.25) is 6.67 Å². The van der Waals surface area contributed by atoms with Crippen molar-refractivity contribution < 1.29 is 0 Å². The van der Waals surface area contributed by atoms with Gasteiger partial charge in [-0.15, -0.1) is 0 Å². The second-order valence-electron chi connectivity index (χ2n) is 7.29. The van der Waals surface area contributed by atoms with Crippen LogP contribution in [0.1, 0.15) is 24.1 Å². The van der Waals surface area contributed by atoms with Gasteiger partial charge in [-0.05, 0) is 50.2 Å². The number of nitrogens with zero attached hydrogens (tertiary/aromatic N) is 5. The molecule has 1 aliphatic rings. The summed E-state index contributed by atoms with van der Waals surface area (Å²) in [6.07, 6.45) is 0. The first kappa shape index (κ1) is 17.7. The van der Waals surface area contributed by atoms with Crippen LogP contribution in [0.15, 0.2) is 66.7 Å². The first-order valence-corrected chi connectivity index (χ1v) is 10.00. The first-order chi connectivity index (χ1) is 14.2. The number of aryl methyl sites for hydroxylation is 2. The first-order valence-electron chi connectivity index (χ1n) is 10.00. The SMILES string of the molecule is CCn1c(CN2[C]N(Cc3cccc(C)n3)c3ccccc32)nc2ccccc21. The molecule has 1 aliphatic heterocycles. The summed E-state index contributed by atoms with van der Waals surface area (Å²) in [5.74, 6) is 1.05. The number of para-hydroxylation sites is 4. The fraction of sp³-hybridized carbons (Fsp3) is 0.208. The maximum absolute atomic E-state index is 4.89. The van der Waals surface area contributed by atoms with E-state index >= 15 is 0 Å². The molecule has 0 fully saturated rings. The smallest absolute Gasteiger partial charge is 0.209 e. The maximum atomic E-state index is 4.89. The van der Waals surface area contributed by atoms with Gasteiger partial charge in [-0.2, -0.15) is 0 Å². The molecule has 4 aromatic rings. The molecule has 0 saturated carbocycles. The average Bonchev–Trinajstić information content (AvgIpc) is 3.26. The van der Waals surface area contributed by atoms with Gasteiger partial charge in [-0.1, -0.05) is 30.3 Å². The van der Waals surface area contributed by atoms with Gasteiger partial charge in [0.1, 0.15) is 5.82 Å². The van der Waals surface area contributed by atoms with Crippen LogP contribution in [0.4, 0.5) is 11.4 Å². The van der Waals surface area contributed by atoms with Gasteiger partial charge in [-0.3, -0.25) is 4.98 Å². The van der Waals surface area contributed by atoms with E-state index < -0.39 is 0 Å². The number of benzene rings is 2. The Bertz CT molecular complexity index is 1160. The standard InChI is InChI=1S/C24H23N5/c1-3-29-21-12-5-4-11-20(21)26-24(29)16-28-17-27(22-13-6-7-14-23(22)28)15-19-10-8-9-18(2)25-19/h4-14H,3,15-16H2,1-2H3. The second kappa shape index (κ2) is 7.24. The third-order valence-corrected chi connectivity index (χ3v) is 5.32. The fourth-order valence-corrected chi connectivity index (χ4v) is 4.01. The quantitative estimate of drug-likeness (QED) is 0.498. The highest BCUT2D eigenvalue weighted by Gasteiger charge is 2.29. The Kier molecular flexibility index (Phi) is 4.43. The molecule has 0 saturated heterocycles. The topological polar surface area (TPSA) is 37.2 Å². The molecule has 2 aromatic heterocycles. The zero-order valence-electron chi connectivity index (χ0n) is 16.7. The number of imidazole rings is 1. The summed E-state index contributed by atoms with van der Waals surface area (Å²) in [7, 11) is 0. The summed E-state index contributed by atoms with van der Waals surface area (Å²) in [6.45, 7) is 9.99. The molecule has 2 aromatic carbocycles. The fourth-order valence-electron chi connectivity index (χ4n) is 4.01. The van der Waals surface area contributed by atoms with Crippen molar-refractivity contribution in [2.45, 2.75) is 33.5 Å². The van der Waals surface area contributed by atoms with Crippen LogP contribution in [-0.2, 0) is 19.6 Å². The Balaban J connectivity index is 1.46. The molecule has 5 rings (SSSR count). The highest BCUT2D eigenvalue weighted by atomic mass is 15.4. The summed E-state index contributed by atoms with van der Waals surface area (Å²) >= 11 is 0.